The van der Waals surface area contributed by atoms with Crippen LogP contribution in [0.25, 0.3) is 0 Å². The van der Waals surface area contributed by atoms with Gasteiger partial charge in [0.05, 0.1) is 5.02 Å². The van der Waals surface area contributed by atoms with Crippen LogP contribution in [-0.4, -0.2) is 34.9 Å². The van der Waals surface area contributed by atoms with Gasteiger partial charge in [0.25, 0.3) is 5.91 Å². The molecular formula is C23H28Cl2N2O3. The number of halogens is 2. The first-order valence-electron chi connectivity index (χ1n) is 9.72. The van der Waals surface area contributed by atoms with Crippen LogP contribution in [0.4, 0.5) is 0 Å². The molecule has 0 radical (unpaired) electrons. The average Bonchev–Trinajstić information content (AvgIpc) is 2.64. The Morgan fingerprint density at radius 1 is 1.13 bits per heavy atom. The third-order valence-corrected chi connectivity index (χ3v) is 5.04. The number of amides is 2. The highest BCUT2D eigenvalue weighted by atomic mass is 35.5. The zero-order valence-electron chi connectivity index (χ0n) is 18.0. The summed E-state index contributed by atoms with van der Waals surface area (Å²) in [6, 6.07) is 11.9. The maximum Gasteiger partial charge on any atom is 0.261 e. The van der Waals surface area contributed by atoms with E-state index in [1.165, 1.54) is 4.90 Å². The molecule has 7 heteroatoms. The van der Waals surface area contributed by atoms with Gasteiger partial charge in [-0.2, -0.15) is 0 Å². The van der Waals surface area contributed by atoms with E-state index in [4.69, 9.17) is 27.9 Å². The molecule has 0 aromatic heterocycles. The fraction of sp³-hybridized carbons (Fsp3) is 0.391. The third-order valence-electron chi connectivity index (χ3n) is 4.51. The molecule has 162 valence electrons. The standard InChI is InChI=1S/C23H28Cl2N2O3/c1-15-8-6-7-9-17(15)13-27(16(2)22(29)26-23(3,4)5)21(28)14-30-20-11-10-18(24)12-19(20)25/h6-12,16H,13-14H2,1-5H3,(H,26,29)/t16-/m1/s1. The zero-order chi connectivity index (χ0) is 22.5. The second kappa shape index (κ2) is 10.2. The van der Waals surface area contributed by atoms with Gasteiger partial charge >= 0.3 is 0 Å². The summed E-state index contributed by atoms with van der Waals surface area (Å²) < 4.78 is 5.62. The molecule has 0 unspecified atom stereocenters. The summed E-state index contributed by atoms with van der Waals surface area (Å²) in [6.07, 6.45) is 0. The molecule has 0 aliphatic carbocycles. The first kappa shape index (κ1) is 24.0. The van der Waals surface area contributed by atoms with Gasteiger partial charge in [0, 0.05) is 17.1 Å². The molecule has 0 bridgehead atoms. The van der Waals surface area contributed by atoms with Gasteiger partial charge < -0.3 is 15.0 Å². The second-order valence-corrected chi connectivity index (χ2v) is 9.07. The molecule has 2 rings (SSSR count). The summed E-state index contributed by atoms with van der Waals surface area (Å²) in [5.41, 5.74) is 1.60. The molecule has 30 heavy (non-hydrogen) atoms. The van der Waals surface area contributed by atoms with Crippen LogP contribution in [0.15, 0.2) is 42.5 Å². The Hall–Kier alpha value is -2.24. The highest BCUT2D eigenvalue weighted by Gasteiger charge is 2.29. The van der Waals surface area contributed by atoms with Crippen molar-refractivity contribution < 1.29 is 14.3 Å². The molecular weight excluding hydrogens is 423 g/mol. The van der Waals surface area contributed by atoms with E-state index < -0.39 is 11.6 Å². The SMILES string of the molecule is Cc1ccccc1CN(C(=O)COc1ccc(Cl)cc1Cl)[C@H](C)C(=O)NC(C)(C)C. The summed E-state index contributed by atoms with van der Waals surface area (Å²) >= 11 is 12.0. The average molecular weight is 451 g/mol. The van der Waals surface area contributed by atoms with Crippen molar-refractivity contribution in [3.63, 3.8) is 0 Å². The molecule has 0 saturated heterocycles. The van der Waals surface area contributed by atoms with Crippen molar-refractivity contribution in [1.82, 2.24) is 10.2 Å². The Morgan fingerprint density at radius 3 is 2.40 bits per heavy atom. The number of hydrogen-bond donors (Lipinski definition) is 1. The third kappa shape index (κ3) is 6.92. The monoisotopic (exact) mass is 450 g/mol. The molecule has 2 aromatic rings. The molecule has 0 spiro atoms. The van der Waals surface area contributed by atoms with Crippen molar-refractivity contribution in [2.45, 2.75) is 52.7 Å². The van der Waals surface area contributed by atoms with Gasteiger partial charge in [-0.1, -0.05) is 47.5 Å². The predicted molar refractivity (Wildman–Crippen MR) is 121 cm³/mol. The largest absolute Gasteiger partial charge is 0.482 e. The molecule has 0 heterocycles. The number of nitrogens with zero attached hydrogens (tertiary/aromatic N) is 1. The number of aryl methyl sites for hydroxylation is 1. The Morgan fingerprint density at radius 2 is 1.80 bits per heavy atom. The summed E-state index contributed by atoms with van der Waals surface area (Å²) in [6.45, 7) is 9.43. The Balaban J connectivity index is 2.21. The van der Waals surface area contributed by atoms with Crippen LogP contribution in [0.1, 0.15) is 38.8 Å². The molecule has 0 fully saturated rings. The smallest absolute Gasteiger partial charge is 0.261 e. The molecule has 0 aliphatic rings. The number of carbonyl (C=O) groups is 2. The van der Waals surface area contributed by atoms with Gasteiger partial charge in [0.1, 0.15) is 11.8 Å². The van der Waals surface area contributed by atoms with Gasteiger partial charge in [-0.3, -0.25) is 9.59 Å². The van der Waals surface area contributed by atoms with Crippen LogP contribution in [0.2, 0.25) is 10.0 Å². The van der Waals surface area contributed by atoms with Crippen molar-refractivity contribution in [1.29, 1.82) is 0 Å². The van der Waals surface area contributed by atoms with Gasteiger partial charge in [0.2, 0.25) is 5.91 Å². The number of hydrogen-bond acceptors (Lipinski definition) is 3. The number of benzene rings is 2. The predicted octanol–water partition coefficient (Wildman–Crippen LogP) is 5.01. The van der Waals surface area contributed by atoms with Crippen LogP contribution in [-0.2, 0) is 16.1 Å². The number of nitrogens with one attached hydrogen (secondary N) is 1. The van der Waals surface area contributed by atoms with E-state index in [9.17, 15) is 9.59 Å². The quantitative estimate of drug-likeness (QED) is 0.644. The van der Waals surface area contributed by atoms with Crippen LogP contribution in [0, 0.1) is 6.92 Å². The highest BCUT2D eigenvalue weighted by Crippen LogP contribution is 2.27. The molecule has 1 atom stereocenters. The van der Waals surface area contributed by atoms with Crippen molar-refractivity contribution in [3.8, 4) is 5.75 Å². The van der Waals surface area contributed by atoms with E-state index in [2.05, 4.69) is 5.32 Å². The lowest BCUT2D eigenvalue weighted by Gasteiger charge is -2.31. The minimum Gasteiger partial charge on any atom is -0.482 e. The fourth-order valence-corrected chi connectivity index (χ4v) is 3.31. The topological polar surface area (TPSA) is 58.6 Å². The fourth-order valence-electron chi connectivity index (χ4n) is 2.84. The maximum absolute atomic E-state index is 13.1. The molecule has 1 N–H and O–H groups in total. The Kier molecular flexibility index (Phi) is 8.16. The number of ether oxygens (including phenoxy) is 1. The van der Waals surface area contributed by atoms with E-state index in [1.807, 2.05) is 52.0 Å². The van der Waals surface area contributed by atoms with Crippen LogP contribution in [0.5, 0.6) is 5.75 Å². The van der Waals surface area contributed by atoms with E-state index >= 15 is 0 Å². The lowest BCUT2D eigenvalue weighted by atomic mass is 10.1. The van der Waals surface area contributed by atoms with Crippen LogP contribution in [0.3, 0.4) is 0 Å². The molecule has 5 nitrogen and oxygen atoms in total. The Labute approximate surface area is 188 Å². The van der Waals surface area contributed by atoms with Crippen molar-refractivity contribution in [2.24, 2.45) is 0 Å². The zero-order valence-corrected chi connectivity index (χ0v) is 19.5. The minimum absolute atomic E-state index is 0.228. The van der Waals surface area contributed by atoms with Gasteiger partial charge in [0.15, 0.2) is 6.61 Å². The molecule has 2 aromatic carbocycles. The van der Waals surface area contributed by atoms with Gasteiger partial charge in [-0.15, -0.1) is 0 Å². The second-order valence-electron chi connectivity index (χ2n) is 8.23. The van der Waals surface area contributed by atoms with Gasteiger partial charge in [-0.25, -0.2) is 0 Å². The molecule has 0 aliphatic heterocycles. The van der Waals surface area contributed by atoms with E-state index in [0.717, 1.165) is 11.1 Å². The molecule has 2 amide bonds. The van der Waals surface area contributed by atoms with Crippen molar-refractivity contribution in [2.75, 3.05) is 6.61 Å². The maximum atomic E-state index is 13.1. The summed E-state index contributed by atoms with van der Waals surface area (Å²) in [4.78, 5) is 27.4. The summed E-state index contributed by atoms with van der Waals surface area (Å²) in [7, 11) is 0. The summed E-state index contributed by atoms with van der Waals surface area (Å²) in [5.74, 6) is -0.188. The van der Waals surface area contributed by atoms with Crippen LogP contribution >= 0.6 is 23.2 Å². The first-order chi connectivity index (χ1) is 14.0. The van der Waals surface area contributed by atoms with E-state index in [-0.39, 0.29) is 18.4 Å². The first-order valence-corrected chi connectivity index (χ1v) is 10.5. The van der Waals surface area contributed by atoms with Crippen LogP contribution < -0.4 is 10.1 Å². The van der Waals surface area contributed by atoms with Crippen molar-refractivity contribution in [3.05, 3.63) is 63.6 Å². The Bertz CT molecular complexity index is 910. The van der Waals surface area contributed by atoms with E-state index in [1.54, 1.807) is 25.1 Å². The summed E-state index contributed by atoms with van der Waals surface area (Å²) in [5, 5.41) is 3.73. The highest BCUT2D eigenvalue weighted by molar-refractivity contribution is 6.35. The lowest BCUT2D eigenvalue weighted by molar-refractivity contribution is -0.142. The minimum atomic E-state index is -0.680. The number of rotatable bonds is 7. The number of carbonyl (C=O) groups excluding carboxylic acids is 2. The lowest BCUT2D eigenvalue weighted by Crippen LogP contribution is -2.53. The molecule has 0 saturated carbocycles. The van der Waals surface area contributed by atoms with Crippen molar-refractivity contribution >= 4 is 35.0 Å². The normalized spacial score (nSPS) is 12.2. The van der Waals surface area contributed by atoms with E-state index in [0.29, 0.717) is 22.3 Å². The van der Waals surface area contributed by atoms with Gasteiger partial charge in [-0.05, 0) is 63.9 Å².